The normalized spacial score (nSPS) is 10.4. The first-order valence-electron chi connectivity index (χ1n) is 14.9. The van der Waals surface area contributed by atoms with E-state index in [1.807, 2.05) is 19.1 Å². The third-order valence-corrected chi connectivity index (χ3v) is 7.50. The van der Waals surface area contributed by atoms with E-state index in [0.717, 1.165) is 5.56 Å². The van der Waals surface area contributed by atoms with Gasteiger partial charge in [-0.3, -0.25) is 19.2 Å². The zero-order valence-corrected chi connectivity index (χ0v) is 25.8. The molecule has 3 N–H and O–H groups in total. The molecule has 6 aromatic carbocycles. The summed E-state index contributed by atoms with van der Waals surface area (Å²) in [6.45, 7) is 1.96. The van der Waals surface area contributed by atoms with Crippen molar-refractivity contribution >= 4 is 23.1 Å². The van der Waals surface area contributed by atoms with Crippen molar-refractivity contribution in [3.05, 3.63) is 196 Å². The molecule has 48 heavy (non-hydrogen) atoms. The molecule has 7 nitrogen and oxygen atoms in total. The van der Waals surface area contributed by atoms with Gasteiger partial charge in [0, 0.05) is 44.5 Å². The Balaban J connectivity index is 0.000000188. The van der Waals surface area contributed by atoms with Crippen LogP contribution in [0.5, 0.6) is 17.2 Å². The average Bonchev–Trinajstić information content (AvgIpc) is 3.12. The summed E-state index contributed by atoms with van der Waals surface area (Å²) in [4.78, 5) is 49.8. The van der Waals surface area contributed by atoms with Crippen LogP contribution in [-0.4, -0.2) is 38.5 Å². The number of rotatable bonds is 8. The summed E-state index contributed by atoms with van der Waals surface area (Å²) >= 11 is 0. The van der Waals surface area contributed by atoms with Crippen LogP contribution in [0.2, 0.25) is 0 Å². The van der Waals surface area contributed by atoms with Crippen molar-refractivity contribution in [1.29, 1.82) is 0 Å². The summed E-state index contributed by atoms with van der Waals surface area (Å²) in [7, 11) is 0. The second kappa shape index (κ2) is 14.7. The Hall–Kier alpha value is -6.60. The Morgan fingerprint density at radius 3 is 0.854 bits per heavy atom. The van der Waals surface area contributed by atoms with Gasteiger partial charge in [-0.05, 0) is 85.8 Å². The van der Waals surface area contributed by atoms with E-state index in [2.05, 4.69) is 0 Å². The zero-order chi connectivity index (χ0) is 34.2. The lowest BCUT2D eigenvalue weighted by atomic mass is 9.97. The van der Waals surface area contributed by atoms with Crippen LogP contribution < -0.4 is 0 Å². The van der Waals surface area contributed by atoms with Crippen molar-refractivity contribution in [3.8, 4) is 17.2 Å². The summed E-state index contributed by atoms with van der Waals surface area (Å²) in [5, 5.41) is 27.9. The van der Waals surface area contributed by atoms with Crippen LogP contribution in [0.25, 0.3) is 0 Å². The number of carbonyl (C=O) groups is 4. The summed E-state index contributed by atoms with van der Waals surface area (Å²) in [5.74, 6) is -0.362. The molecule has 0 heterocycles. The van der Waals surface area contributed by atoms with Crippen LogP contribution >= 0.6 is 0 Å². The first-order chi connectivity index (χ1) is 23.1. The van der Waals surface area contributed by atoms with E-state index < -0.39 is 0 Å². The summed E-state index contributed by atoms with van der Waals surface area (Å²) < 4.78 is 0. The molecule has 0 bridgehead atoms. The zero-order valence-electron chi connectivity index (χ0n) is 25.8. The van der Waals surface area contributed by atoms with Gasteiger partial charge in [-0.25, -0.2) is 0 Å². The first-order valence-corrected chi connectivity index (χ1v) is 14.9. The average molecular weight is 635 g/mol. The molecule has 236 valence electrons. The van der Waals surface area contributed by atoms with Gasteiger partial charge in [0.2, 0.25) is 0 Å². The smallest absolute Gasteiger partial charge is 0.193 e. The molecule has 0 fully saturated rings. The minimum atomic E-state index is -0.187. The molecular formula is C41H30O7. The highest BCUT2D eigenvalue weighted by molar-refractivity contribution is 6.13. The second-order valence-corrected chi connectivity index (χ2v) is 11.0. The minimum absolute atomic E-state index is 0.0985. The molecule has 0 unspecified atom stereocenters. The Kier molecular flexibility index (Phi) is 10.0. The van der Waals surface area contributed by atoms with Crippen molar-refractivity contribution in [1.82, 2.24) is 0 Å². The molecule has 6 rings (SSSR count). The number of aryl methyl sites for hydroxylation is 1. The monoisotopic (exact) mass is 634 g/mol. The van der Waals surface area contributed by atoms with Gasteiger partial charge in [0.1, 0.15) is 17.2 Å². The van der Waals surface area contributed by atoms with Crippen molar-refractivity contribution in [2.45, 2.75) is 6.92 Å². The maximum atomic E-state index is 12.6. The molecule has 0 spiro atoms. The van der Waals surface area contributed by atoms with Crippen LogP contribution in [0.1, 0.15) is 69.2 Å². The lowest BCUT2D eigenvalue weighted by Gasteiger charge is -2.05. The molecule has 0 saturated heterocycles. The number of benzene rings is 6. The van der Waals surface area contributed by atoms with E-state index in [4.69, 9.17) is 0 Å². The highest BCUT2D eigenvalue weighted by Crippen LogP contribution is 2.19. The molecule has 0 aliphatic heterocycles. The number of phenols is 3. The quantitative estimate of drug-likeness (QED) is 0.146. The molecule has 6 aromatic rings. The number of hydrogen-bond donors (Lipinski definition) is 3. The molecule has 0 amide bonds. The highest BCUT2D eigenvalue weighted by Gasteiger charge is 2.15. The predicted octanol–water partition coefficient (Wildman–Crippen LogP) is 7.72. The molecule has 0 aliphatic carbocycles. The Bertz CT molecular complexity index is 1930. The fraction of sp³-hybridized carbons (Fsp3) is 0.0244. The van der Waals surface area contributed by atoms with E-state index in [9.17, 15) is 34.5 Å². The van der Waals surface area contributed by atoms with Gasteiger partial charge in [0.05, 0.1) is 0 Å². The SMILES string of the molecule is Cc1ccc(C(=O)c2cccc(C(=O)c3ccc(O)cc3)c2)cc1.O=C(c1ccc(O)cc1)c1ccc(C(=O)c2ccc(O)cc2)cc1. The predicted molar refractivity (Wildman–Crippen MR) is 182 cm³/mol. The van der Waals surface area contributed by atoms with Crippen molar-refractivity contribution in [2.75, 3.05) is 0 Å². The van der Waals surface area contributed by atoms with E-state index in [1.165, 1.54) is 36.4 Å². The van der Waals surface area contributed by atoms with Gasteiger partial charge in [-0.15, -0.1) is 0 Å². The largest absolute Gasteiger partial charge is 0.508 e. The fourth-order valence-electron chi connectivity index (χ4n) is 4.78. The number of aromatic hydroxyl groups is 3. The Labute approximate surface area is 277 Å². The van der Waals surface area contributed by atoms with E-state index in [1.54, 1.807) is 97.1 Å². The molecule has 0 saturated carbocycles. The number of phenolic OH excluding ortho intramolecular Hbond substituents is 3. The van der Waals surface area contributed by atoms with Crippen LogP contribution in [0.3, 0.4) is 0 Å². The summed E-state index contributed by atoms with van der Waals surface area (Å²) in [5.41, 5.74) is 4.91. The van der Waals surface area contributed by atoms with E-state index in [-0.39, 0.29) is 40.4 Å². The van der Waals surface area contributed by atoms with Crippen LogP contribution in [0, 0.1) is 6.92 Å². The molecule has 7 heteroatoms. The van der Waals surface area contributed by atoms with Gasteiger partial charge < -0.3 is 15.3 Å². The third kappa shape index (κ3) is 7.97. The van der Waals surface area contributed by atoms with Crippen LogP contribution in [0.15, 0.2) is 146 Å². The topological polar surface area (TPSA) is 129 Å². The first kappa shape index (κ1) is 32.8. The molecule has 0 atom stereocenters. The van der Waals surface area contributed by atoms with Crippen LogP contribution in [0.4, 0.5) is 0 Å². The number of ketones is 4. The van der Waals surface area contributed by atoms with Crippen LogP contribution in [-0.2, 0) is 0 Å². The second-order valence-electron chi connectivity index (χ2n) is 11.0. The Morgan fingerprint density at radius 2 is 0.562 bits per heavy atom. The molecular weight excluding hydrogens is 604 g/mol. The standard InChI is InChI=1S/C21H16O3.C20H14O4/c1-14-5-7-15(8-6-14)20(23)17-3-2-4-18(13-17)21(24)16-9-11-19(22)12-10-16;21-17-9-5-15(6-10-17)19(23)13-1-2-14(4-3-13)20(24)16-7-11-18(22)12-8-16/h2-13,22H,1H3;1-12,21-22H. The lowest BCUT2D eigenvalue weighted by molar-refractivity contribution is 0.102. The minimum Gasteiger partial charge on any atom is -0.508 e. The van der Waals surface area contributed by atoms with Gasteiger partial charge in [0.15, 0.2) is 23.1 Å². The molecule has 0 radical (unpaired) electrons. The van der Waals surface area contributed by atoms with E-state index in [0.29, 0.717) is 44.5 Å². The van der Waals surface area contributed by atoms with Gasteiger partial charge >= 0.3 is 0 Å². The maximum absolute atomic E-state index is 12.6. The van der Waals surface area contributed by atoms with E-state index >= 15 is 0 Å². The summed E-state index contributed by atoms with van der Waals surface area (Å²) in [6.07, 6.45) is 0. The third-order valence-electron chi connectivity index (χ3n) is 7.50. The lowest BCUT2D eigenvalue weighted by Crippen LogP contribution is -2.05. The van der Waals surface area contributed by atoms with Gasteiger partial charge in [-0.2, -0.15) is 0 Å². The Morgan fingerprint density at radius 1 is 0.333 bits per heavy atom. The molecule has 0 aliphatic rings. The number of hydrogen-bond acceptors (Lipinski definition) is 7. The van der Waals surface area contributed by atoms with Crippen molar-refractivity contribution < 1.29 is 34.5 Å². The van der Waals surface area contributed by atoms with Crippen molar-refractivity contribution in [2.24, 2.45) is 0 Å². The fourth-order valence-corrected chi connectivity index (χ4v) is 4.78. The van der Waals surface area contributed by atoms with Gasteiger partial charge in [-0.1, -0.05) is 72.3 Å². The number of carbonyl (C=O) groups excluding carboxylic acids is 4. The maximum Gasteiger partial charge on any atom is 0.193 e. The van der Waals surface area contributed by atoms with Crippen molar-refractivity contribution in [3.63, 3.8) is 0 Å². The summed E-state index contributed by atoms with van der Waals surface area (Å²) in [6, 6.07) is 38.5. The highest BCUT2D eigenvalue weighted by atomic mass is 16.3. The molecule has 0 aromatic heterocycles. The van der Waals surface area contributed by atoms with Gasteiger partial charge in [0.25, 0.3) is 0 Å².